The van der Waals surface area contributed by atoms with Gasteiger partial charge in [0, 0.05) is 19.2 Å². The summed E-state index contributed by atoms with van der Waals surface area (Å²) in [4.78, 5) is 13.3. The monoisotopic (exact) mass is 325 g/mol. The van der Waals surface area contributed by atoms with Crippen molar-refractivity contribution in [1.29, 1.82) is 0 Å². The summed E-state index contributed by atoms with van der Waals surface area (Å²) in [6.45, 7) is -0.906. The van der Waals surface area contributed by atoms with E-state index in [1.54, 1.807) is 12.1 Å². The highest BCUT2D eigenvalue weighted by atomic mass is 19.4. The number of likely N-dealkylation sites (tertiary alicyclic amines) is 1. The maximum Gasteiger partial charge on any atom is 0.419 e. The third-order valence-electron chi connectivity index (χ3n) is 3.91. The Balaban J connectivity index is 1.77. The Morgan fingerprint density at radius 1 is 1.26 bits per heavy atom. The summed E-state index contributed by atoms with van der Waals surface area (Å²) >= 11 is 0. The molecule has 1 amide bonds. The molecule has 3 rings (SSSR count). The first-order valence-corrected chi connectivity index (χ1v) is 6.99. The van der Waals surface area contributed by atoms with Gasteiger partial charge in [0.15, 0.2) is 5.60 Å². The smallest absolute Gasteiger partial charge is 0.379 e. The molecular weight excluding hydrogens is 311 g/mol. The van der Waals surface area contributed by atoms with Gasteiger partial charge in [-0.25, -0.2) is 4.68 Å². The third kappa shape index (κ3) is 2.81. The number of aromatic nitrogens is 2. The maximum atomic E-state index is 12.8. The number of alkyl halides is 3. The second-order valence-corrected chi connectivity index (χ2v) is 5.52. The van der Waals surface area contributed by atoms with Crippen LogP contribution in [0.2, 0.25) is 0 Å². The van der Waals surface area contributed by atoms with E-state index in [1.165, 1.54) is 17.1 Å². The topological polar surface area (TPSA) is 58.4 Å². The number of rotatable bonds is 2. The molecule has 2 aromatic rings. The lowest BCUT2D eigenvalue weighted by Gasteiger charge is -2.25. The van der Waals surface area contributed by atoms with E-state index in [2.05, 4.69) is 5.10 Å². The summed E-state index contributed by atoms with van der Waals surface area (Å²) in [6.07, 6.45) is -2.51. The molecule has 0 spiro atoms. The molecule has 8 heteroatoms. The second kappa shape index (κ2) is 5.38. The zero-order valence-corrected chi connectivity index (χ0v) is 12.0. The predicted octanol–water partition coefficient (Wildman–Crippen LogP) is 2.01. The lowest BCUT2D eigenvalue weighted by atomic mass is 10.0. The van der Waals surface area contributed by atoms with Gasteiger partial charge in [-0.3, -0.25) is 4.79 Å². The summed E-state index contributed by atoms with van der Waals surface area (Å²) < 4.78 is 39.9. The van der Waals surface area contributed by atoms with Gasteiger partial charge in [0.25, 0.3) is 5.91 Å². The first-order valence-electron chi connectivity index (χ1n) is 6.99. The van der Waals surface area contributed by atoms with Crippen molar-refractivity contribution in [3.05, 3.63) is 48.3 Å². The SMILES string of the molecule is O=C(c1cnn(-c2ccccc2)c1)N1CC[C@@](O)(C(F)(F)F)C1. The number of para-hydroxylation sites is 1. The van der Waals surface area contributed by atoms with Crippen LogP contribution in [-0.2, 0) is 0 Å². The maximum absolute atomic E-state index is 12.8. The van der Waals surface area contributed by atoms with Gasteiger partial charge in [-0.2, -0.15) is 18.3 Å². The zero-order valence-electron chi connectivity index (χ0n) is 12.0. The highest BCUT2D eigenvalue weighted by Crippen LogP contribution is 2.37. The molecule has 0 radical (unpaired) electrons. The van der Waals surface area contributed by atoms with Crippen molar-refractivity contribution in [1.82, 2.24) is 14.7 Å². The van der Waals surface area contributed by atoms with Crippen molar-refractivity contribution in [2.45, 2.75) is 18.2 Å². The number of carbonyl (C=O) groups excluding carboxylic acids is 1. The highest BCUT2D eigenvalue weighted by Gasteiger charge is 2.57. The Hall–Kier alpha value is -2.35. The molecule has 1 aromatic carbocycles. The Kier molecular flexibility index (Phi) is 3.63. The van der Waals surface area contributed by atoms with Crippen molar-refractivity contribution in [2.75, 3.05) is 13.1 Å². The molecule has 1 N–H and O–H groups in total. The van der Waals surface area contributed by atoms with Crippen LogP contribution in [0.5, 0.6) is 0 Å². The Morgan fingerprint density at radius 2 is 1.96 bits per heavy atom. The van der Waals surface area contributed by atoms with E-state index < -0.39 is 30.7 Å². The van der Waals surface area contributed by atoms with Crippen LogP contribution in [0, 0.1) is 0 Å². The summed E-state index contributed by atoms with van der Waals surface area (Å²) in [5, 5.41) is 13.7. The van der Waals surface area contributed by atoms with Crippen LogP contribution >= 0.6 is 0 Å². The van der Waals surface area contributed by atoms with Gasteiger partial charge in [-0.05, 0) is 12.1 Å². The number of hydrogen-bond donors (Lipinski definition) is 1. The molecular formula is C15H14F3N3O2. The number of benzene rings is 1. The van der Waals surface area contributed by atoms with Crippen LogP contribution in [0.4, 0.5) is 13.2 Å². The Morgan fingerprint density at radius 3 is 2.57 bits per heavy atom. The fraction of sp³-hybridized carbons (Fsp3) is 0.333. The largest absolute Gasteiger partial charge is 0.419 e. The molecule has 1 saturated heterocycles. The van der Waals surface area contributed by atoms with Crippen LogP contribution in [0.15, 0.2) is 42.7 Å². The van der Waals surface area contributed by atoms with Gasteiger partial charge in [-0.15, -0.1) is 0 Å². The van der Waals surface area contributed by atoms with E-state index in [-0.39, 0.29) is 12.1 Å². The minimum Gasteiger partial charge on any atom is -0.379 e. The van der Waals surface area contributed by atoms with Gasteiger partial charge < -0.3 is 10.0 Å². The molecule has 1 aromatic heterocycles. The third-order valence-corrected chi connectivity index (χ3v) is 3.91. The molecule has 1 atom stereocenters. The highest BCUT2D eigenvalue weighted by molar-refractivity contribution is 5.94. The van der Waals surface area contributed by atoms with Crippen molar-refractivity contribution >= 4 is 5.91 Å². The summed E-state index contributed by atoms with van der Waals surface area (Å²) in [7, 11) is 0. The van der Waals surface area contributed by atoms with Gasteiger partial charge in [-0.1, -0.05) is 18.2 Å². The van der Waals surface area contributed by atoms with Gasteiger partial charge in [0.2, 0.25) is 0 Å². The Bertz CT molecular complexity index is 714. The minimum atomic E-state index is -4.75. The van der Waals surface area contributed by atoms with Crippen LogP contribution in [0.25, 0.3) is 5.69 Å². The second-order valence-electron chi connectivity index (χ2n) is 5.52. The Labute approximate surface area is 129 Å². The number of nitrogens with zero attached hydrogens (tertiary/aromatic N) is 3. The first kappa shape index (κ1) is 15.5. The van der Waals surface area contributed by atoms with Crippen molar-refractivity contribution in [3.8, 4) is 5.69 Å². The van der Waals surface area contributed by atoms with Crippen molar-refractivity contribution < 1.29 is 23.1 Å². The molecule has 122 valence electrons. The summed E-state index contributed by atoms with van der Waals surface area (Å²) in [5.74, 6) is -0.577. The molecule has 0 aliphatic carbocycles. The van der Waals surface area contributed by atoms with Crippen LogP contribution < -0.4 is 0 Å². The minimum absolute atomic E-state index is 0.147. The lowest BCUT2D eigenvalue weighted by Crippen LogP contribution is -2.48. The lowest BCUT2D eigenvalue weighted by molar-refractivity contribution is -0.253. The molecule has 0 unspecified atom stereocenters. The summed E-state index contributed by atoms with van der Waals surface area (Å²) in [5.41, 5.74) is -1.92. The zero-order chi connectivity index (χ0) is 16.7. The van der Waals surface area contributed by atoms with E-state index in [9.17, 15) is 23.1 Å². The van der Waals surface area contributed by atoms with Crippen molar-refractivity contribution in [3.63, 3.8) is 0 Å². The van der Waals surface area contributed by atoms with E-state index in [0.29, 0.717) is 0 Å². The van der Waals surface area contributed by atoms with E-state index in [4.69, 9.17) is 0 Å². The predicted molar refractivity (Wildman–Crippen MR) is 75.1 cm³/mol. The average Bonchev–Trinajstić information content (AvgIpc) is 3.14. The molecule has 1 fully saturated rings. The number of aliphatic hydroxyl groups is 1. The van der Waals surface area contributed by atoms with E-state index in [1.807, 2.05) is 18.2 Å². The van der Waals surface area contributed by atoms with Gasteiger partial charge in [0.05, 0.1) is 24.0 Å². The fourth-order valence-corrected chi connectivity index (χ4v) is 2.54. The molecule has 23 heavy (non-hydrogen) atoms. The number of halogens is 3. The van der Waals surface area contributed by atoms with E-state index >= 15 is 0 Å². The number of amides is 1. The average molecular weight is 325 g/mol. The van der Waals surface area contributed by atoms with Crippen LogP contribution in [-0.4, -0.2) is 50.6 Å². The van der Waals surface area contributed by atoms with Crippen LogP contribution in [0.1, 0.15) is 16.8 Å². The van der Waals surface area contributed by atoms with Crippen LogP contribution in [0.3, 0.4) is 0 Å². The number of β-amino-alcohol motifs (C(OH)–C–C–N with tert-alkyl or cyclic N) is 1. The number of hydrogen-bond acceptors (Lipinski definition) is 3. The van der Waals surface area contributed by atoms with Gasteiger partial charge in [0.1, 0.15) is 0 Å². The molecule has 2 heterocycles. The molecule has 5 nitrogen and oxygen atoms in total. The number of carbonyl (C=O) groups is 1. The van der Waals surface area contributed by atoms with E-state index in [0.717, 1.165) is 10.6 Å². The molecule has 1 aliphatic rings. The molecule has 0 saturated carbocycles. The normalized spacial score (nSPS) is 21.7. The molecule has 1 aliphatic heterocycles. The quantitative estimate of drug-likeness (QED) is 0.919. The van der Waals surface area contributed by atoms with Crippen molar-refractivity contribution in [2.24, 2.45) is 0 Å². The standard InChI is InChI=1S/C15H14F3N3O2/c16-15(17,18)14(23)6-7-20(10-14)13(22)11-8-19-21(9-11)12-4-2-1-3-5-12/h1-5,8-9,23H,6-7,10H2/t14-/m0/s1. The summed E-state index contributed by atoms with van der Waals surface area (Å²) in [6, 6.07) is 9.03. The molecule has 0 bridgehead atoms. The first-order chi connectivity index (χ1) is 10.8. The van der Waals surface area contributed by atoms with Gasteiger partial charge >= 0.3 is 6.18 Å². The fourth-order valence-electron chi connectivity index (χ4n) is 2.54.